The van der Waals surface area contributed by atoms with Gasteiger partial charge in [0, 0.05) is 5.56 Å². The van der Waals surface area contributed by atoms with Crippen molar-refractivity contribution in [1.82, 2.24) is 0 Å². The van der Waals surface area contributed by atoms with Gasteiger partial charge in [-0.1, -0.05) is 72.8 Å². The second-order valence-corrected chi connectivity index (χ2v) is 6.11. The molecule has 0 radical (unpaired) electrons. The van der Waals surface area contributed by atoms with Crippen molar-refractivity contribution in [3.63, 3.8) is 0 Å². The Bertz CT molecular complexity index is 828. The Hall–Kier alpha value is -2.91. The molecule has 0 aliphatic rings. The molecule has 26 heavy (non-hydrogen) atoms. The average molecular weight is 346 g/mol. The van der Waals surface area contributed by atoms with Crippen LogP contribution in [0.1, 0.15) is 28.4 Å². The SMILES string of the molecule is CC(OCc1ccccc1)C(=O)c1cccc(OCc2ccccc2)c1. The van der Waals surface area contributed by atoms with Crippen LogP contribution >= 0.6 is 0 Å². The first-order valence-corrected chi connectivity index (χ1v) is 8.69. The zero-order valence-electron chi connectivity index (χ0n) is 14.8. The summed E-state index contributed by atoms with van der Waals surface area (Å²) in [6.07, 6.45) is -0.514. The van der Waals surface area contributed by atoms with E-state index >= 15 is 0 Å². The maximum Gasteiger partial charge on any atom is 0.191 e. The van der Waals surface area contributed by atoms with Crippen LogP contribution in [0.2, 0.25) is 0 Å². The van der Waals surface area contributed by atoms with Crippen LogP contribution in [0.5, 0.6) is 5.75 Å². The lowest BCUT2D eigenvalue weighted by molar-refractivity contribution is 0.0412. The quantitative estimate of drug-likeness (QED) is 0.535. The number of carbonyl (C=O) groups excluding carboxylic acids is 1. The van der Waals surface area contributed by atoms with E-state index in [0.717, 1.165) is 11.1 Å². The molecular formula is C23H22O3. The predicted octanol–water partition coefficient (Wildman–Crippen LogP) is 5.05. The molecule has 0 heterocycles. The highest BCUT2D eigenvalue weighted by Gasteiger charge is 2.16. The molecule has 0 aliphatic carbocycles. The third kappa shape index (κ3) is 5.04. The maximum atomic E-state index is 12.6. The first-order chi connectivity index (χ1) is 12.7. The van der Waals surface area contributed by atoms with E-state index in [4.69, 9.17) is 9.47 Å². The minimum Gasteiger partial charge on any atom is -0.489 e. The normalized spacial score (nSPS) is 11.7. The molecule has 0 spiro atoms. The lowest BCUT2D eigenvalue weighted by Gasteiger charge is -2.13. The molecule has 0 aromatic heterocycles. The van der Waals surface area contributed by atoms with Gasteiger partial charge in [-0.15, -0.1) is 0 Å². The molecule has 1 atom stereocenters. The minimum atomic E-state index is -0.514. The van der Waals surface area contributed by atoms with Crippen LogP contribution in [0.15, 0.2) is 84.9 Å². The summed E-state index contributed by atoms with van der Waals surface area (Å²) in [7, 11) is 0. The van der Waals surface area contributed by atoms with E-state index in [9.17, 15) is 4.79 Å². The monoisotopic (exact) mass is 346 g/mol. The van der Waals surface area contributed by atoms with E-state index in [1.807, 2.05) is 72.8 Å². The van der Waals surface area contributed by atoms with Gasteiger partial charge in [0.25, 0.3) is 0 Å². The van der Waals surface area contributed by atoms with Gasteiger partial charge in [-0.2, -0.15) is 0 Å². The summed E-state index contributed by atoms with van der Waals surface area (Å²) in [5.74, 6) is 0.626. The summed E-state index contributed by atoms with van der Waals surface area (Å²) in [6, 6.07) is 27.0. The van der Waals surface area contributed by atoms with E-state index in [-0.39, 0.29) is 5.78 Å². The van der Waals surface area contributed by atoms with Crippen molar-refractivity contribution in [3.8, 4) is 5.75 Å². The van der Waals surface area contributed by atoms with Gasteiger partial charge in [-0.25, -0.2) is 0 Å². The molecule has 0 saturated carbocycles. The minimum absolute atomic E-state index is 0.0499. The maximum absolute atomic E-state index is 12.6. The number of Topliss-reactive ketones (excluding diaryl/α,β-unsaturated/α-hetero) is 1. The summed E-state index contributed by atoms with van der Waals surface area (Å²) in [6.45, 7) is 2.67. The number of ketones is 1. The largest absolute Gasteiger partial charge is 0.489 e. The number of hydrogen-bond donors (Lipinski definition) is 0. The molecule has 0 fully saturated rings. The molecule has 1 unspecified atom stereocenters. The highest BCUT2D eigenvalue weighted by Crippen LogP contribution is 2.17. The number of ether oxygens (including phenoxy) is 2. The van der Waals surface area contributed by atoms with Crippen molar-refractivity contribution in [2.24, 2.45) is 0 Å². The lowest BCUT2D eigenvalue weighted by atomic mass is 10.1. The smallest absolute Gasteiger partial charge is 0.191 e. The molecule has 132 valence electrons. The van der Waals surface area contributed by atoms with Gasteiger partial charge < -0.3 is 9.47 Å². The molecule has 3 aromatic carbocycles. The molecule has 0 aliphatic heterocycles. The Labute approximate surface area is 154 Å². The summed E-state index contributed by atoms with van der Waals surface area (Å²) in [5, 5.41) is 0. The molecular weight excluding hydrogens is 324 g/mol. The molecule has 0 bridgehead atoms. The zero-order valence-corrected chi connectivity index (χ0v) is 14.8. The van der Waals surface area contributed by atoms with E-state index in [2.05, 4.69) is 0 Å². The van der Waals surface area contributed by atoms with Gasteiger partial charge in [0.05, 0.1) is 6.61 Å². The summed E-state index contributed by atoms with van der Waals surface area (Å²) in [5.41, 5.74) is 2.73. The first kappa shape index (κ1) is 17.9. The van der Waals surface area contributed by atoms with Crippen LogP contribution in [-0.2, 0) is 18.0 Å². The Morgan fingerprint density at radius 1 is 0.808 bits per heavy atom. The fourth-order valence-corrected chi connectivity index (χ4v) is 2.59. The second kappa shape index (κ2) is 8.97. The molecule has 3 nitrogen and oxygen atoms in total. The fourth-order valence-electron chi connectivity index (χ4n) is 2.59. The third-order valence-electron chi connectivity index (χ3n) is 4.08. The number of carbonyl (C=O) groups is 1. The van der Waals surface area contributed by atoms with Gasteiger partial charge in [0.2, 0.25) is 0 Å². The standard InChI is InChI=1S/C23H22O3/c1-18(25-16-19-9-4-2-5-10-19)23(24)21-13-8-14-22(15-21)26-17-20-11-6-3-7-12-20/h2-15,18H,16-17H2,1H3. The van der Waals surface area contributed by atoms with Gasteiger partial charge in [0.15, 0.2) is 5.78 Å². The van der Waals surface area contributed by atoms with Gasteiger partial charge in [-0.3, -0.25) is 4.79 Å². The predicted molar refractivity (Wildman–Crippen MR) is 102 cm³/mol. The Morgan fingerprint density at radius 2 is 1.42 bits per heavy atom. The van der Waals surface area contributed by atoms with Crippen molar-refractivity contribution in [2.75, 3.05) is 0 Å². The van der Waals surface area contributed by atoms with E-state index in [0.29, 0.717) is 24.5 Å². The summed E-state index contributed by atoms with van der Waals surface area (Å²) in [4.78, 5) is 12.6. The lowest BCUT2D eigenvalue weighted by Crippen LogP contribution is -2.20. The second-order valence-electron chi connectivity index (χ2n) is 6.11. The Balaban J connectivity index is 1.58. The third-order valence-corrected chi connectivity index (χ3v) is 4.08. The van der Waals surface area contributed by atoms with Crippen LogP contribution in [0.4, 0.5) is 0 Å². The van der Waals surface area contributed by atoms with Gasteiger partial charge >= 0.3 is 0 Å². The Kier molecular flexibility index (Phi) is 6.18. The van der Waals surface area contributed by atoms with Crippen molar-refractivity contribution in [2.45, 2.75) is 26.2 Å². The van der Waals surface area contributed by atoms with E-state index in [1.165, 1.54) is 0 Å². The van der Waals surface area contributed by atoms with Crippen LogP contribution in [0.25, 0.3) is 0 Å². The zero-order chi connectivity index (χ0) is 18.2. The van der Waals surface area contributed by atoms with Crippen molar-refractivity contribution in [1.29, 1.82) is 0 Å². The topological polar surface area (TPSA) is 35.5 Å². The molecule has 3 aromatic rings. The van der Waals surface area contributed by atoms with Crippen LogP contribution < -0.4 is 4.74 Å². The molecule has 0 N–H and O–H groups in total. The van der Waals surface area contributed by atoms with Crippen molar-refractivity contribution >= 4 is 5.78 Å². The summed E-state index contributed by atoms with van der Waals surface area (Å²) < 4.78 is 11.5. The van der Waals surface area contributed by atoms with Crippen molar-refractivity contribution in [3.05, 3.63) is 102 Å². The first-order valence-electron chi connectivity index (χ1n) is 8.69. The van der Waals surface area contributed by atoms with E-state index < -0.39 is 6.10 Å². The summed E-state index contributed by atoms with van der Waals surface area (Å²) >= 11 is 0. The molecule has 3 rings (SSSR count). The van der Waals surface area contributed by atoms with Crippen LogP contribution in [0, 0.1) is 0 Å². The molecule has 0 amide bonds. The van der Waals surface area contributed by atoms with Gasteiger partial charge in [-0.05, 0) is 30.2 Å². The highest BCUT2D eigenvalue weighted by atomic mass is 16.5. The van der Waals surface area contributed by atoms with Crippen molar-refractivity contribution < 1.29 is 14.3 Å². The average Bonchev–Trinajstić information content (AvgIpc) is 2.71. The van der Waals surface area contributed by atoms with E-state index in [1.54, 1.807) is 19.1 Å². The Morgan fingerprint density at radius 3 is 2.08 bits per heavy atom. The van der Waals surface area contributed by atoms with Crippen LogP contribution in [0.3, 0.4) is 0 Å². The highest BCUT2D eigenvalue weighted by molar-refractivity contribution is 5.99. The number of rotatable bonds is 8. The number of benzene rings is 3. The number of hydrogen-bond acceptors (Lipinski definition) is 3. The molecule has 3 heteroatoms. The van der Waals surface area contributed by atoms with Crippen LogP contribution in [-0.4, -0.2) is 11.9 Å². The fraction of sp³-hybridized carbons (Fsp3) is 0.174. The van der Waals surface area contributed by atoms with Gasteiger partial charge in [0.1, 0.15) is 18.5 Å². The molecule has 0 saturated heterocycles.